The molecule has 0 aromatic carbocycles. The minimum absolute atomic E-state index is 0.188. The number of amides is 1. The third-order valence-electron chi connectivity index (χ3n) is 0.904. The molecule has 0 bridgehead atoms. The van der Waals surface area contributed by atoms with Crippen LogP contribution in [0.15, 0.2) is 0 Å². The van der Waals surface area contributed by atoms with Crippen molar-refractivity contribution in [3.63, 3.8) is 0 Å². The molecule has 66 valence electrons. The Morgan fingerprint density at radius 2 is 2.50 bits per heavy atom. The Balaban J connectivity index is 2.53. The summed E-state index contributed by atoms with van der Waals surface area (Å²) in [5.41, 5.74) is 2.17. The minimum atomic E-state index is -0.429. The molecule has 5 nitrogen and oxygen atoms in total. The summed E-state index contributed by atoms with van der Waals surface area (Å²) >= 11 is 6.46. The van der Waals surface area contributed by atoms with Crippen LogP contribution in [-0.2, 0) is 4.84 Å². The summed E-state index contributed by atoms with van der Waals surface area (Å²) in [4.78, 5) is 15.7. The lowest BCUT2D eigenvalue weighted by Gasteiger charge is -1.98. The van der Waals surface area contributed by atoms with E-state index in [0.717, 1.165) is 11.3 Å². The predicted molar refractivity (Wildman–Crippen MR) is 44.0 cm³/mol. The van der Waals surface area contributed by atoms with Crippen LogP contribution in [0.25, 0.3) is 0 Å². The van der Waals surface area contributed by atoms with Gasteiger partial charge in [0.15, 0.2) is 0 Å². The largest absolute Gasteiger partial charge is 0.305 e. The molecule has 1 N–H and O–H groups in total. The monoisotopic (exact) mass is 207 g/mol. The molecule has 1 amide bonds. The molecule has 0 radical (unpaired) electrons. The zero-order valence-electron chi connectivity index (χ0n) is 6.20. The highest BCUT2D eigenvalue weighted by Gasteiger charge is 2.10. The van der Waals surface area contributed by atoms with Crippen LogP contribution in [0.2, 0.25) is 4.47 Å². The van der Waals surface area contributed by atoms with E-state index in [1.807, 2.05) is 0 Å². The fourth-order valence-electron chi connectivity index (χ4n) is 0.478. The number of nitrogens with zero attached hydrogens (tertiary/aromatic N) is 2. The lowest BCUT2D eigenvalue weighted by atomic mass is 10.7. The van der Waals surface area contributed by atoms with E-state index in [4.69, 9.17) is 11.6 Å². The van der Waals surface area contributed by atoms with Crippen LogP contribution >= 0.6 is 22.9 Å². The van der Waals surface area contributed by atoms with Gasteiger partial charge in [-0.2, -0.15) is 0 Å². The molecule has 0 aliphatic heterocycles. The standard InChI is InChI=1S/C5H6ClN3O2S/c1-2-11-9-3(10)4-7-8-5(6)12-4/h2H2,1H3,(H,9,10). The van der Waals surface area contributed by atoms with E-state index in [2.05, 4.69) is 20.5 Å². The molecular weight excluding hydrogens is 202 g/mol. The van der Waals surface area contributed by atoms with E-state index >= 15 is 0 Å². The summed E-state index contributed by atoms with van der Waals surface area (Å²) in [6, 6.07) is 0. The van der Waals surface area contributed by atoms with Gasteiger partial charge >= 0.3 is 5.91 Å². The first-order valence-corrected chi connectivity index (χ1v) is 4.34. The molecule has 12 heavy (non-hydrogen) atoms. The molecule has 0 unspecified atom stereocenters. The topological polar surface area (TPSA) is 64.1 Å². The third-order valence-corrected chi connectivity index (χ3v) is 1.92. The van der Waals surface area contributed by atoms with Crippen LogP contribution < -0.4 is 5.48 Å². The third kappa shape index (κ3) is 2.40. The van der Waals surface area contributed by atoms with E-state index in [-0.39, 0.29) is 9.47 Å². The Morgan fingerprint density at radius 1 is 1.75 bits per heavy atom. The number of halogens is 1. The maximum Gasteiger partial charge on any atom is 0.305 e. The van der Waals surface area contributed by atoms with Crippen LogP contribution in [0.5, 0.6) is 0 Å². The molecule has 1 aromatic heterocycles. The second kappa shape index (κ2) is 4.34. The van der Waals surface area contributed by atoms with Crippen molar-refractivity contribution >= 4 is 28.8 Å². The van der Waals surface area contributed by atoms with Gasteiger partial charge in [-0.3, -0.25) is 9.63 Å². The van der Waals surface area contributed by atoms with Gasteiger partial charge in [0, 0.05) is 0 Å². The Hall–Kier alpha value is -0.720. The average Bonchev–Trinajstić information content (AvgIpc) is 2.47. The van der Waals surface area contributed by atoms with Gasteiger partial charge < -0.3 is 0 Å². The first-order chi connectivity index (χ1) is 5.74. The first-order valence-electron chi connectivity index (χ1n) is 3.15. The smallest absolute Gasteiger partial charge is 0.274 e. The molecule has 0 spiro atoms. The SMILES string of the molecule is CCONC(=O)c1nnc(Cl)s1. The van der Waals surface area contributed by atoms with Gasteiger partial charge in [0.25, 0.3) is 0 Å². The van der Waals surface area contributed by atoms with E-state index in [1.54, 1.807) is 6.92 Å². The van der Waals surface area contributed by atoms with Gasteiger partial charge in [-0.15, -0.1) is 10.2 Å². The number of nitrogens with one attached hydrogen (secondary N) is 1. The molecular formula is C5H6ClN3O2S. The molecule has 7 heteroatoms. The number of hydrogen-bond acceptors (Lipinski definition) is 5. The van der Waals surface area contributed by atoms with E-state index in [0.29, 0.717) is 6.61 Å². The lowest BCUT2D eigenvalue weighted by molar-refractivity contribution is 0.0363. The maximum absolute atomic E-state index is 11.0. The average molecular weight is 208 g/mol. The maximum atomic E-state index is 11.0. The summed E-state index contributed by atoms with van der Waals surface area (Å²) in [6.45, 7) is 2.16. The van der Waals surface area contributed by atoms with Crippen molar-refractivity contribution in [2.24, 2.45) is 0 Å². The van der Waals surface area contributed by atoms with Gasteiger partial charge in [-0.05, 0) is 18.5 Å². The summed E-state index contributed by atoms with van der Waals surface area (Å²) in [5.74, 6) is -0.429. The molecule has 0 aliphatic carbocycles. The normalized spacial score (nSPS) is 9.83. The number of rotatable bonds is 3. The second-order valence-electron chi connectivity index (χ2n) is 1.72. The van der Waals surface area contributed by atoms with Crippen molar-refractivity contribution in [1.82, 2.24) is 15.7 Å². The number of aromatic nitrogens is 2. The zero-order chi connectivity index (χ0) is 8.97. The Morgan fingerprint density at radius 3 is 3.00 bits per heavy atom. The molecule has 1 heterocycles. The highest BCUT2D eigenvalue weighted by molar-refractivity contribution is 7.17. The highest BCUT2D eigenvalue weighted by atomic mass is 35.5. The fourth-order valence-corrected chi connectivity index (χ4v) is 1.19. The molecule has 1 aromatic rings. The van der Waals surface area contributed by atoms with Crippen LogP contribution in [0.3, 0.4) is 0 Å². The molecule has 0 fully saturated rings. The molecule has 0 aliphatic rings. The highest BCUT2D eigenvalue weighted by Crippen LogP contribution is 2.14. The van der Waals surface area contributed by atoms with Crippen molar-refractivity contribution in [2.75, 3.05) is 6.61 Å². The number of hydroxylamine groups is 1. The van der Waals surface area contributed by atoms with Crippen LogP contribution in [0.4, 0.5) is 0 Å². The second-order valence-corrected chi connectivity index (χ2v) is 3.28. The van der Waals surface area contributed by atoms with Crippen molar-refractivity contribution in [1.29, 1.82) is 0 Å². The van der Waals surface area contributed by atoms with E-state index in [9.17, 15) is 4.79 Å². The number of carbonyl (C=O) groups excluding carboxylic acids is 1. The summed E-state index contributed by atoms with van der Waals surface area (Å²) < 4.78 is 0.233. The van der Waals surface area contributed by atoms with E-state index < -0.39 is 5.91 Å². The molecule has 0 saturated carbocycles. The van der Waals surface area contributed by atoms with Crippen LogP contribution in [0.1, 0.15) is 16.7 Å². The summed E-state index contributed by atoms with van der Waals surface area (Å²) in [7, 11) is 0. The van der Waals surface area contributed by atoms with Crippen molar-refractivity contribution in [3.8, 4) is 0 Å². The molecule has 0 saturated heterocycles. The Labute approximate surface area is 77.7 Å². The van der Waals surface area contributed by atoms with Crippen molar-refractivity contribution in [3.05, 3.63) is 9.47 Å². The van der Waals surface area contributed by atoms with Crippen LogP contribution in [-0.4, -0.2) is 22.7 Å². The fraction of sp³-hybridized carbons (Fsp3) is 0.400. The predicted octanol–water partition coefficient (Wildman–Crippen LogP) is 0.873. The molecule has 0 atom stereocenters. The van der Waals surface area contributed by atoms with Gasteiger partial charge in [0.1, 0.15) is 0 Å². The van der Waals surface area contributed by atoms with Crippen LogP contribution in [0, 0.1) is 0 Å². The summed E-state index contributed by atoms with van der Waals surface area (Å²) in [5, 5.41) is 7.16. The number of carbonyl (C=O) groups is 1. The lowest BCUT2D eigenvalue weighted by Crippen LogP contribution is -2.23. The van der Waals surface area contributed by atoms with Crippen molar-refractivity contribution < 1.29 is 9.63 Å². The first kappa shape index (κ1) is 9.37. The van der Waals surface area contributed by atoms with E-state index in [1.165, 1.54) is 0 Å². The Bertz CT molecular complexity index is 277. The molecule has 1 rings (SSSR count). The summed E-state index contributed by atoms with van der Waals surface area (Å²) in [6.07, 6.45) is 0. The zero-order valence-corrected chi connectivity index (χ0v) is 7.78. The van der Waals surface area contributed by atoms with Gasteiger partial charge in [0.05, 0.1) is 6.61 Å². The van der Waals surface area contributed by atoms with Gasteiger partial charge in [-0.25, -0.2) is 5.48 Å². The van der Waals surface area contributed by atoms with Gasteiger partial charge in [0.2, 0.25) is 9.47 Å². The minimum Gasteiger partial charge on any atom is -0.274 e. The Kier molecular flexibility index (Phi) is 3.39. The number of hydrogen-bond donors (Lipinski definition) is 1. The van der Waals surface area contributed by atoms with Crippen molar-refractivity contribution in [2.45, 2.75) is 6.92 Å². The quantitative estimate of drug-likeness (QED) is 0.748. The van der Waals surface area contributed by atoms with Gasteiger partial charge in [-0.1, -0.05) is 11.3 Å².